The molecule has 1 aromatic rings. The molecule has 0 N–H and O–H groups in total. The van der Waals surface area contributed by atoms with E-state index in [0.717, 1.165) is 18.8 Å². The molecule has 1 fully saturated rings. The molecule has 0 atom stereocenters. The maximum atomic E-state index is 3.13. The summed E-state index contributed by atoms with van der Waals surface area (Å²) in [5.41, 5.74) is 0. The van der Waals surface area contributed by atoms with Gasteiger partial charge in [-0.1, -0.05) is 12.8 Å². The largest absolute Gasteiger partial charge is 0.145 e. The van der Waals surface area contributed by atoms with Crippen LogP contribution in [0.15, 0.2) is 12.1 Å². The Morgan fingerprint density at radius 1 is 1.33 bits per heavy atom. The van der Waals surface area contributed by atoms with Crippen molar-refractivity contribution in [1.29, 1.82) is 0 Å². The van der Waals surface area contributed by atoms with Crippen molar-refractivity contribution < 1.29 is 0 Å². The summed E-state index contributed by atoms with van der Waals surface area (Å²) in [6.07, 6.45) is 7.83. The van der Waals surface area contributed by atoms with Gasteiger partial charge in [0, 0.05) is 16.2 Å². The summed E-state index contributed by atoms with van der Waals surface area (Å²) in [5.74, 6) is 6.96. The number of thiophene rings is 1. The van der Waals surface area contributed by atoms with Gasteiger partial charge in [-0.05, 0) is 44.2 Å². The fraction of sp³-hybridized carbons (Fsp3) is 0.571. The maximum absolute atomic E-state index is 3.13. The second-order valence-corrected chi connectivity index (χ2v) is 5.41. The van der Waals surface area contributed by atoms with Crippen molar-refractivity contribution in [3.63, 3.8) is 0 Å². The first kappa shape index (κ1) is 10.8. The van der Waals surface area contributed by atoms with Crippen LogP contribution in [0, 0.1) is 11.8 Å². The average Bonchev–Trinajstić information content (AvgIpc) is 2.87. The van der Waals surface area contributed by atoms with Gasteiger partial charge in [-0.25, -0.2) is 0 Å². The normalized spacial score (nSPS) is 16.3. The number of hydrogen-bond donors (Lipinski definition) is 0. The Hall–Kier alpha value is -0.740. The van der Waals surface area contributed by atoms with Crippen LogP contribution < -0.4 is 0 Å². The van der Waals surface area contributed by atoms with Crippen LogP contribution in [0.4, 0.5) is 0 Å². The number of aryl methyl sites for hydroxylation is 1. The minimum Gasteiger partial charge on any atom is -0.145 e. The Balaban J connectivity index is 1.93. The molecule has 1 heteroatoms. The van der Waals surface area contributed by atoms with Gasteiger partial charge in [-0.15, -0.1) is 23.2 Å². The summed E-state index contributed by atoms with van der Waals surface area (Å²) in [5, 5.41) is 0. The first-order valence-electron chi connectivity index (χ1n) is 5.88. The summed E-state index contributed by atoms with van der Waals surface area (Å²) in [6.45, 7) is 1.92. The zero-order valence-electron chi connectivity index (χ0n) is 9.38. The molecule has 0 radical (unpaired) electrons. The fourth-order valence-corrected chi connectivity index (χ4v) is 3.45. The van der Waals surface area contributed by atoms with E-state index in [9.17, 15) is 0 Å². The van der Waals surface area contributed by atoms with Gasteiger partial charge >= 0.3 is 0 Å². The van der Waals surface area contributed by atoms with Crippen molar-refractivity contribution in [3.8, 4) is 11.8 Å². The van der Waals surface area contributed by atoms with Gasteiger partial charge < -0.3 is 0 Å². The lowest BCUT2D eigenvalue weighted by molar-refractivity contribution is 0.738. The fourth-order valence-electron chi connectivity index (χ4n) is 2.27. The topological polar surface area (TPSA) is 0 Å². The molecule has 0 nitrogen and oxygen atoms in total. The van der Waals surface area contributed by atoms with Crippen LogP contribution in [0.3, 0.4) is 0 Å². The SMILES string of the molecule is CC#CCCc1ccc(C2CCCC2)s1. The van der Waals surface area contributed by atoms with Crippen LogP contribution in [-0.4, -0.2) is 0 Å². The molecule has 0 spiro atoms. The van der Waals surface area contributed by atoms with Gasteiger partial charge in [0.25, 0.3) is 0 Å². The zero-order valence-corrected chi connectivity index (χ0v) is 10.2. The van der Waals surface area contributed by atoms with Crippen LogP contribution in [0.1, 0.15) is 54.7 Å². The predicted molar refractivity (Wildman–Crippen MR) is 67.3 cm³/mol. The number of rotatable bonds is 3. The molecule has 80 valence electrons. The Labute approximate surface area is 96.7 Å². The molecule has 0 saturated heterocycles. The van der Waals surface area contributed by atoms with Gasteiger partial charge in [-0.2, -0.15) is 0 Å². The predicted octanol–water partition coefficient (Wildman–Crippen LogP) is 4.36. The highest BCUT2D eigenvalue weighted by Crippen LogP contribution is 2.37. The van der Waals surface area contributed by atoms with Crippen LogP contribution in [0.5, 0.6) is 0 Å². The molecule has 0 aliphatic heterocycles. The lowest BCUT2D eigenvalue weighted by Crippen LogP contribution is -1.85. The lowest BCUT2D eigenvalue weighted by atomic mass is 10.1. The molecular formula is C14H18S. The third-order valence-corrected chi connectivity index (χ3v) is 4.42. The quantitative estimate of drug-likeness (QED) is 0.661. The van der Waals surface area contributed by atoms with Gasteiger partial charge in [0.05, 0.1) is 0 Å². The van der Waals surface area contributed by atoms with E-state index in [4.69, 9.17) is 0 Å². The monoisotopic (exact) mass is 218 g/mol. The van der Waals surface area contributed by atoms with Gasteiger partial charge in [0.1, 0.15) is 0 Å². The highest BCUT2D eigenvalue weighted by molar-refractivity contribution is 7.12. The van der Waals surface area contributed by atoms with E-state index in [2.05, 4.69) is 24.0 Å². The Kier molecular flexibility index (Phi) is 3.86. The standard InChI is InChI=1S/C14H18S/c1-2-3-4-9-13-10-11-14(15-13)12-7-5-6-8-12/h10-12H,4-9H2,1H3. The van der Waals surface area contributed by atoms with Crippen molar-refractivity contribution in [2.75, 3.05) is 0 Å². The second kappa shape index (κ2) is 5.37. The third-order valence-electron chi connectivity index (χ3n) is 3.11. The molecule has 1 saturated carbocycles. The molecule has 1 aromatic heterocycles. The first-order chi connectivity index (χ1) is 7.40. The Morgan fingerprint density at radius 3 is 2.87 bits per heavy atom. The van der Waals surface area contributed by atoms with Gasteiger partial charge in [0.2, 0.25) is 0 Å². The van der Waals surface area contributed by atoms with Crippen LogP contribution >= 0.6 is 11.3 Å². The molecule has 2 rings (SSSR count). The minimum absolute atomic E-state index is 0.876. The van der Waals surface area contributed by atoms with Crippen molar-refractivity contribution in [2.45, 2.75) is 51.4 Å². The highest BCUT2D eigenvalue weighted by Gasteiger charge is 2.18. The van der Waals surface area contributed by atoms with Crippen molar-refractivity contribution >= 4 is 11.3 Å². The van der Waals surface area contributed by atoms with E-state index in [-0.39, 0.29) is 0 Å². The first-order valence-corrected chi connectivity index (χ1v) is 6.70. The summed E-state index contributed by atoms with van der Waals surface area (Å²) in [4.78, 5) is 3.13. The van der Waals surface area contributed by atoms with E-state index in [1.165, 1.54) is 30.6 Å². The van der Waals surface area contributed by atoms with Gasteiger partial charge in [-0.3, -0.25) is 0 Å². The second-order valence-electron chi connectivity index (χ2n) is 4.21. The third kappa shape index (κ3) is 2.86. The van der Waals surface area contributed by atoms with E-state index in [0.29, 0.717) is 0 Å². The molecular weight excluding hydrogens is 200 g/mol. The Morgan fingerprint density at radius 2 is 2.13 bits per heavy atom. The summed E-state index contributed by atoms with van der Waals surface area (Å²) >= 11 is 2.01. The molecule has 15 heavy (non-hydrogen) atoms. The highest BCUT2D eigenvalue weighted by atomic mass is 32.1. The van der Waals surface area contributed by atoms with E-state index < -0.39 is 0 Å². The van der Waals surface area contributed by atoms with Gasteiger partial charge in [0.15, 0.2) is 0 Å². The van der Waals surface area contributed by atoms with Crippen LogP contribution in [0.25, 0.3) is 0 Å². The van der Waals surface area contributed by atoms with Crippen LogP contribution in [0.2, 0.25) is 0 Å². The van der Waals surface area contributed by atoms with Crippen LogP contribution in [-0.2, 0) is 6.42 Å². The smallest absolute Gasteiger partial charge is 0.0137 e. The van der Waals surface area contributed by atoms with Crippen molar-refractivity contribution in [2.24, 2.45) is 0 Å². The van der Waals surface area contributed by atoms with Crippen molar-refractivity contribution in [1.82, 2.24) is 0 Å². The van der Waals surface area contributed by atoms with E-state index in [1.54, 1.807) is 4.88 Å². The molecule has 0 aromatic carbocycles. The number of hydrogen-bond acceptors (Lipinski definition) is 1. The lowest BCUT2D eigenvalue weighted by Gasteiger charge is -2.03. The molecule has 0 bridgehead atoms. The summed E-state index contributed by atoms with van der Waals surface area (Å²) < 4.78 is 0. The molecule has 0 amide bonds. The maximum Gasteiger partial charge on any atom is 0.0137 e. The van der Waals surface area contributed by atoms with E-state index >= 15 is 0 Å². The zero-order chi connectivity index (χ0) is 10.5. The summed E-state index contributed by atoms with van der Waals surface area (Å²) in [6, 6.07) is 4.64. The van der Waals surface area contributed by atoms with Crippen molar-refractivity contribution in [3.05, 3.63) is 21.9 Å². The molecule has 0 unspecified atom stereocenters. The Bertz CT molecular complexity index is 358. The minimum atomic E-state index is 0.876. The molecule has 1 aliphatic carbocycles. The molecule has 1 heterocycles. The average molecular weight is 218 g/mol. The summed E-state index contributed by atoms with van der Waals surface area (Å²) in [7, 11) is 0. The molecule has 1 aliphatic rings. The van der Waals surface area contributed by atoms with E-state index in [1.807, 2.05) is 18.3 Å².